The molecule has 1 aromatic carbocycles. The van der Waals surface area contributed by atoms with E-state index in [1.165, 1.54) is 4.31 Å². The van der Waals surface area contributed by atoms with Crippen LogP contribution in [0.25, 0.3) is 0 Å². The predicted octanol–water partition coefficient (Wildman–Crippen LogP) is 3.62. The molecule has 0 spiro atoms. The van der Waals surface area contributed by atoms with Crippen LogP contribution >= 0.6 is 39.3 Å². The van der Waals surface area contributed by atoms with Gasteiger partial charge in [0.1, 0.15) is 4.90 Å². The highest BCUT2D eigenvalue weighted by molar-refractivity contribution is 9.10. The third-order valence-corrected chi connectivity index (χ3v) is 6.93. The standard InChI is InChI=1S/C12H15BrClNO2S2/c1-8-6-15(7-9(2)18-8)19(16,17)12-4-3-10(13)5-11(12)14/h3-5,8-9H,6-7H2,1-2H3. The molecule has 1 aromatic rings. The highest BCUT2D eigenvalue weighted by Gasteiger charge is 2.33. The largest absolute Gasteiger partial charge is 0.244 e. The topological polar surface area (TPSA) is 37.4 Å². The second-order valence-electron chi connectivity index (χ2n) is 4.65. The summed E-state index contributed by atoms with van der Waals surface area (Å²) in [6, 6.07) is 4.86. The second-order valence-corrected chi connectivity index (χ2v) is 9.76. The third-order valence-electron chi connectivity index (χ3n) is 2.90. The van der Waals surface area contributed by atoms with Crippen molar-refractivity contribution in [1.29, 1.82) is 0 Å². The average Bonchev–Trinajstić information content (AvgIpc) is 2.26. The van der Waals surface area contributed by atoms with Crippen molar-refractivity contribution in [2.24, 2.45) is 0 Å². The van der Waals surface area contributed by atoms with Gasteiger partial charge in [-0.15, -0.1) is 0 Å². The van der Waals surface area contributed by atoms with E-state index in [0.29, 0.717) is 23.6 Å². The molecule has 3 nitrogen and oxygen atoms in total. The Balaban J connectivity index is 2.36. The lowest BCUT2D eigenvalue weighted by molar-refractivity contribution is 0.405. The van der Waals surface area contributed by atoms with Gasteiger partial charge in [-0.3, -0.25) is 0 Å². The summed E-state index contributed by atoms with van der Waals surface area (Å²) in [5, 5.41) is 0.855. The van der Waals surface area contributed by atoms with Crippen LogP contribution in [0.1, 0.15) is 13.8 Å². The van der Waals surface area contributed by atoms with Crippen molar-refractivity contribution in [3.63, 3.8) is 0 Å². The van der Waals surface area contributed by atoms with Gasteiger partial charge in [-0.1, -0.05) is 41.4 Å². The van der Waals surface area contributed by atoms with Gasteiger partial charge in [-0.05, 0) is 18.2 Å². The lowest BCUT2D eigenvalue weighted by Crippen LogP contribution is -2.44. The Morgan fingerprint density at radius 2 is 1.89 bits per heavy atom. The van der Waals surface area contributed by atoms with Crippen molar-refractivity contribution >= 4 is 49.3 Å². The maximum Gasteiger partial charge on any atom is 0.244 e. The fourth-order valence-electron chi connectivity index (χ4n) is 2.15. The van der Waals surface area contributed by atoms with Crippen molar-refractivity contribution in [1.82, 2.24) is 4.31 Å². The highest BCUT2D eigenvalue weighted by Crippen LogP contribution is 2.32. The highest BCUT2D eigenvalue weighted by atomic mass is 79.9. The van der Waals surface area contributed by atoms with E-state index >= 15 is 0 Å². The fraction of sp³-hybridized carbons (Fsp3) is 0.500. The third kappa shape index (κ3) is 3.47. The Hall–Kier alpha value is 0.250. The van der Waals surface area contributed by atoms with Gasteiger partial charge < -0.3 is 0 Å². The van der Waals surface area contributed by atoms with E-state index in [9.17, 15) is 8.42 Å². The van der Waals surface area contributed by atoms with Crippen LogP contribution in [-0.2, 0) is 10.0 Å². The number of sulfonamides is 1. The Labute approximate surface area is 131 Å². The molecular weight excluding hydrogens is 370 g/mol. The molecule has 7 heteroatoms. The van der Waals surface area contributed by atoms with Gasteiger partial charge in [0.2, 0.25) is 10.0 Å². The van der Waals surface area contributed by atoms with Crippen molar-refractivity contribution in [2.75, 3.05) is 13.1 Å². The van der Waals surface area contributed by atoms with E-state index in [1.54, 1.807) is 18.2 Å². The van der Waals surface area contributed by atoms with Crippen LogP contribution in [-0.4, -0.2) is 36.3 Å². The molecule has 0 N–H and O–H groups in total. The molecule has 2 unspecified atom stereocenters. The Bertz CT molecular complexity index is 569. The van der Waals surface area contributed by atoms with Gasteiger partial charge in [-0.2, -0.15) is 16.1 Å². The first-order valence-electron chi connectivity index (χ1n) is 5.91. The maximum absolute atomic E-state index is 12.6. The second kappa shape index (κ2) is 5.93. The van der Waals surface area contributed by atoms with Crippen LogP contribution in [0.5, 0.6) is 0 Å². The van der Waals surface area contributed by atoms with Crippen LogP contribution in [0, 0.1) is 0 Å². The zero-order valence-corrected chi connectivity index (χ0v) is 14.6. The zero-order chi connectivity index (χ0) is 14.2. The van der Waals surface area contributed by atoms with Gasteiger partial charge in [0.05, 0.1) is 5.02 Å². The van der Waals surface area contributed by atoms with E-state index in [4.69, 9.17) is 11.6 Å². The number of rotatable bonds is 2. The summed E-state index contributed by atoms with van der Waals surface area (Å²) in [5.41, 5.74) is 0. The molecule has 0 radical (unpaired) electrons. The van der Waals surface area contributed by atoms with Crippen LogP contribution in [0.2, 0.25) is 5.02 Å². The van der Waals surface area contributed by atoms with E-state index in [0.717, 1.165) is 4.47 Å². The normalized spacial score (nSPS) is 25.5. The summed E-state index contributed by atoms with van der Waals surface area (Å²) in [5.74, 6) is 0. The van der Waals surface area contributed by atoms with Crippen molar-refractivity contribution in [3.8, 4) is 0 Å². The minimum atomic E-state index is -3.51. The van der Waals surface area contributed by atoms with E-state index in [2.05, 4.69) is 15.9 Å². The monoisotopic (exact) mass is 383 g/mol. The summed E-state index contributed by atoms with van der Waals surface area (Å²) in [4.78, 5) is 0.184. The van der Waals surface area contributed by atoms with E-state index in [-0.39, 0.29) is 9.92 Å². The van der Waals surface area contributed by atoms with Gasteiger partial charge in [-0.25, -0.2) is 8.42 Å². The Kier molecular flexibility index (Phi) is 4.88. The summed E-state index contributed by atoms with van der Waals surface area (Å²) < 4.78 is 27.6. The average molecular weight is 385 g/mol. The number of benzene rings is 1. The summed E-state index contributed by atoms with van der Waals surface area (Å²) in [6.07, 6.45) is 0. The summed E-state index contributed by atoms with van der Waals surface area (Å²) >= 11 is 11.2. The Morgan fingerprint density at radius 3 is 2.42 bits per heavy atom. The first-order valence-corrected chi connectivity index (χ1v) is 9.46. The SMILES string of the molecule is CC1CN(S(=O)(=O)c2ccc(Br)cc2Cl)CC(C)S1. The molecule has 1 aliphatic heterocycles. The van der Waals surface area contributed by atoms with Gasteiger partial charge in [0.25, 0.3) is 0 Å². The van der Waals surface area contributed by atoms with Gasteiger partial charge in [0, 0.05) is 28.1 Å². The molecule has 1 fully saturated rings. The minimum Gasteiger partial charge on any atom is -0.207 e. The summed E-state index contributed by atoms with van der Waals surface area (Å²) in [7, 11) is -3.51. The van der Waals surface area contributed by atoms with Gasteiger partial charge in [0.15, 0.2) is 0 Å². The molecule has 106 valence electrons. The molecule has 1 aliphatic rings. The molecule has 0 saturated carbocycles. The molecule has 0 bridgehead atoms. The molecular formula is C12H15BrClNO2S2. The molecule has 1 saturated heterocycles. The fourth-order valence-corrected chi connectivity index (χ4v) is 6.29. The number of halogens is 2. The molecule has 2 atom stereocenters. The van der Waals surface area contributed by atoms with E-state index in [1.807, 2.05) is 25.6 Å². The molecule has 0 aliphatic carbocycles. The van der Waals surface area contributed by atoms with Crippen molar-refractivity contribution in [3.05, 3.63) is 27.7 Å². The number of hydrogen-bond acceptors (Lipinski definition) is 3. The lowest BCUT2D eigenvalue weighted by Gasteiger charge is -2.33. The first kappa shape index (κ1) is 15.6. The minimum absolute atomic E-state index is 0.184. The molecule has 0 amide bonds. The molecule has 19 heavy (non-hydrogen) atoms. The smallest absolute Gasteiger partial charge is 0.207 e. The van der Waals surface area contributed by atoms with Gasteiger partial charge >= 0.3 is 0 Å². The van der Waals surface area contributed by atoms with Crippen molar-refractivity contribution < 1.29 is 8.42 Å². The quantitative estimate of drug-likeness (QED) is 0.781. The summed E-state index contributed by atoms with van der Waals surface area (Å²) in [6.45, 7) is 5.16. The first-order chi connectivity index (χ1) is 8.80. The van der Waals surface area contributed by atoms with Crippen molar-refractivity contribution in [2.45, 2.75) is 29.2 Å². The van der Waals surface area contributed by atoms with E-state index < -0.39 is 10.0 Å². The predicted molar refractivity (Wildman–Crippen MR) is 84.4 cm³/mol. The zero-order valence-electron chi connectivity index (χ0n) is 10.6. The molecule has 1 heterocycles. The molecule has 2 rings (SSSR count). The van der Waals surface area contributed by atoms with Crippen LogP contribution < -0.4 is 0 Å². The maximum atomic E-state index is 12.6. The van der Waals surface area contributed by atoms with Crippen LogP contribution in [0.3, 0.4) is 0 Å². The van der Waals surface area contributed by atoms with Crippen LogP contribution in [0.15, 0.2) is 27.6 Å². The lowest BCUT2D eigenvalue weighted by atomic mass is 10.4. The molecule has 0 aromatic heterocycles. The van der Waals surface area contributed by atoms with Crippen LogP contribution in [0.4, 0.5) is 0 Å². The number of hydrogen-bond donors (Lipinski definition) is 0. The number of nitrogens with zero attached hydrogens (tertiary/aromatic N) is 1. The Morgan fingerprint density at radius 1 is 1.32 bits per heavy atom. The number of thioether (sulfide) groups is 1.